The lowest BCUT2D eigenvalue weighted by atomic mass is 9.74. The van der Waals surface area contributed by atoms with Crippen molar-refractivity contribution in [3.8, 4) is 0 Å². The summed E-state index contributed by atoms with van der Waals surface area (Å²) in [6.45, 7) is 0. The monoisotopic (exact) mass is 164 g/mol. The zero-order chi connectivity index (χ0) is 8.86. The molecule has 0 aliphatic heterocycles. The van der Waals surface area contributed by atoms with Gasteiger partial charge in [0, 0.05) is 17.6 Å². The Hall–Kier alpha value is -1.10. The van der Waals surface area contributed by atoms with Gasteiger partial charge in [0.05, 0.1) is 0 Å². The van der Waals surface area contributed by atoms with Gasteiger partial charge in [0.1, 0.15) is 11.9 Å². The molecule has 0 heterocycles. The topological polar surface area (TPSA) is 34.1 Å². The van der Waals surface area contributed by atoms with Crippen LogP contribution in [0.15, 0.2) is 12.2 Å². The lowest BCUT2D eigenvalue weighted by Crippen LogP contribution is -2.19. The van der Waals surface area contributed by atoms with Crippen molar-refractivity contribution in [2.24, 2.45) is 5.41 Å². The summed E-state index contributed by atoms with van der Waals surface area (Å²) in [6, 6.07) is 0. The molecule has 1 aliphatic rings. The predicted octanol–water partition coefficient (Wildman–Crippen LogP) is 1.71. The Balaban J connectivity index is 2.82. The molecule has 0 saturated heterocycles. The summed E-state index contributed by atoms with van der Waals surface area (Å²) in [5.74, 6) is 3.56. The largest absolute Gasteiger partial charge is 0.234 e. The summed E-state index contributed by atoms with van der Waals surface area (Å²) in [6.07, 6.45) is 8.07. The zero-order valence-electron chi connectivity index (χ0n) is 7.01. The minimum Gasteiger partial charge on any atom is -0.234 e. The molecule has 0 unspecified atom stereocenters. The van der Waals surface area contributed by atoms with E-state index in [9.17, 15) is 9.59 Å². The third-order valence-corrected chi connectivity index (χ3v) is 2.48. The van der Waals surface area contributed by atoms with E-state index in [1.807, 2.05) is 0 Å². The van der Waals surface area contributed by atoms with Crippen molar-refractivity contribution >= 4 is 11.9 Å². The molecule has 0 aromatic carbocycles. The molecule has 2 nitrogen and oxygen atoms in total. The predicted molar refractivity (Wildman–Crippen MR) is 46.0 cm³/mol. The van der Waals surface area contributed by atoms with Crippen LogP contribution in [0.25, 0.3) is 0 Å². The summed E-state index contributed by atoms with van der Waals surface area (Å²) < 4.78 is 0. The fourth-order valence-corrected chi connectivity index (χ4v) is 1.78. The number of carbonyl (C=O) groups excluding carboxylic acids is 2. The second-order valence-corrected chi connectivity index (χ2v) is 3.32. The lowest BCUT2D eigenvalue weighted by molar-refractivity contribution is 0.328. The van der Waals surface area contributed by atoms with E-state index >= 15 is 0 Å². The molecule has 0 bridgehead atoms. The number of hydrogen-bond donors (Lipinski definition) is 0. The van der Waals surface area contributed by atoms with Gasteiger partial charge in [0.2, 0.25) is 0 Å². The average Bonchev–Trinajstić information content (AvgIpc) is 2.07. The van der Waals surface area contributed by atoms with Gasteiger partial charge >= 0.3 is 0 Å². The quantitative estimate of drug-likeness (QED) is 0.582. The fourth-order valence-electron chi connectivity index (χ4n) is 1.78. The highest BCUT2D eigenvalue weighted by molar-refractivity contribution is 5.54. The Morgan fingerprint density at radius 3 is 1.83 bits per heavy atom. The molecule has 64 valence electrons. The molecule has 0 radical (unpaired) electrons. The maximum Gasteiger partial charge on any atom is 0.120 e. The molecule has 0 aromatic rings. The van der Waals surface area contributed by atoms with Crippen molar-refractivity contribution in [1.82, 2.24) is 0 Å². The smallest absolute Gasteiger partial charge is 0.120 e. The maximum absolute atomic E-state index is 10.2. The van der Waals surface area contributed by atoms with Gasteiger partial charge in [0.15, 0.2) is 0 Å². The summed E-state index contributed by atoms with van der Waals surface area (Å²) in [5.41, 5.74) is -0.318. The first-order valence-electron chi connectivity index (χ1n) is 4.27. The molecular weight excluding hydrogens is 152 g/mol. The van der Waals surface area contributed by atoms with E-state index in [-0.39, 0.29) is 5.41 Å². The van der Waals surface area contributed by atoms with Crippen molar-refractivity contribution in [3.63, 3.8) is 0 Å². The first-order chi connectivity index (χ1) is 5.83. The first-order valence-corrected chi connectivity index (χ1v) is 4.27. The SMILES string of the molecule is O=C=CC1(C=C=O)CCCCC1. The van der Waals surface area contributed by atoms with Gasteiger partial charge in [-0.1, -0.05) is 19.3 Å². The van der Waals surface area contributed by atoms with Gasteiger partial charge in [-0.2, -0.15) is 0 Å². The Labute approximate surface area is 72.0 Å². The van der Waals surface area contributed by atoms with Crippen LogP contribution in [-0.4, -0.2) is 11.9 Å². The summed E-state index contributed by atoms with van der Waals surface area (Å²) in [7, 11) is 0. The molecule has 0 atom stereocenters. The third-order valence-electron chi connectivity index (χ3n) is 2.48. The normalized spacial score (nSPS) is 20.3. The van der Waals surface area contributed by atoms with E-state index in [1.165, 1.54) is 18.6 Å². The van der Waals surface area contributed by atoms with Crippen LogP contribution in [-0.2, 0) is 9.59 Å². The molecule has 1 saturated carbocycles. The molecule has 0 amide bonds. The van der Waals surface area contributed by atoms with Crippen LogP contribution < -0.4 is 0 Å². The highest BCUT2D eigenvalue weighted by Crippen LogP contribution is 2.37. The lowest BCUT2D eigenvalue weighted by Gasteiger charge is -2.28. The summed E-state index contributed by atoms with van der Waals surface area (Å²) in [4.78, 5) is 20.4. The fraction of sp³-hybridized carbons (Fsp3) is 0.600. The van der Waals surface area contributed by atoms with Crippen LogP contribution in [0.4, 0.5) is 0 Å². The molecule has 0 spiro atoms. The van der Waals surface area contributed by atoms with Gasteiger partial charge < -0.3 is 0 Å². The van der Waals surface area contributed by atoms with Gasteiger partial charge in [-0.15, -0.1) is 0 Å². The van der Waals surface area contributed by atoms with Crippen molar-refractivity contribution in [2.75, 3.05) is 0 Å². The molecule has 12 heavy (non-hydrogen) atoms. The van der Waals surface area contributed by atoms with Gasteiger partial charge in [-0.25, -0.2) is 9.59 Å². The third kappa shape index (κ3) is 1.94. The van der Waals surface area contributed by atoms with Crippen molar-refractivity contribution in [2.45, 2.75) is 32.1 Å². The summed E-state index contributed by atoms with van der Waals surface area (Å²) in [5, 5.41) is 0. The zero-order valence-corrected chi connectivity index (χ0v) is 7.01. The second-order valence-electron chi connectivity index (χ2n) is 3.32. The van der Waals surface area contributed by atoms with Crippen molar-refractivity contribution in [3.05, 3.63) is 12.2 Å². The van der Waals surface area contributed by atoms with E-state index in [1.54, 1.807) is 11.9 Å². The Morgan fingerprint density at radius 1 is 0.917 bits per heavy atom. The average molecular weight is 164 g/mol. The van der Waals surface area contributed by atoms with E-state index in [4.69, 9.17) is 0 Å². The van der Waals surface area contributed by atoms with Gasteiger partial charge in [-0.05, 0) is 12.8 Å². The van der Waals surface area contributed by atoms with Gasteiger partial charge in [-0.3, -0.25) is 0 Å². The first kappa shape index (κ1) is 8.99. The van der Waals surface area contributed by atoms with Crippen LogP contribution in [0.2, 0.25) is 0 Å². The molecule has 2 heteroatoms. The molecular formula is C10H12O2. The van der Waals surface area contributed by atoms with Crippen molar-refractivity contribution in [1.29, 1.82) is 0 Å². The Bertz CT molecular complexity index is 217. The van der Waals surface area contributed by atoms with Crippen LogP contribution >= 0.6 is 0 Å². The summed E-state index contributed by atoms with van der Waals surface area (Å²) >= 11 is 0. The Morgan fingerprint density at radius 2 is 1.42 bits per heavy atom. The number of rotatable bonds is 2. The second kappa shape index (κ2) is 4.06. The minimum atomic E-state index is -0.318. The molecule has 0 N–H and O–H groups in total. The highest BCUT2D eigenvalue weighted by Gasteiger charge is 2.27. The number of allylic oxidation sites excluding steroid dienone is 2. The molecule has 1 fully saturated rings. The highest BCUT2D eigenvalue weighted by atomic mass is 16.1. The van der Waals surface area contributed by atoms with Crippen LogP contribution in [0.3, 0.4) is 0 Å². The van der Waals surface area contributed by atoms with Gasteiger partial charge in [0.25, 0.3) is 0 Å². The minimum absolute atomic E-state index is 0.318. The molecule has 1 rings (SSSR count). The van der Waals surface area contributed by atoms with E-state index in [0.29, 0.717) is 0 Å². The maximum atomic E-state index is 10.2. The molecule has 1 aliphatic carbocycles. The molecule has 0 aromatic heterocycles. The van der Waals surface area contributed by atoms with Crippen LogP contribution in [0.1, 0.15) is 32.1 Å². The van der Waals surface area contributed by atoms with Crippen LogP contribution in [0, 0.1) is 5.41 Å². The standard InChI is InChI=1S/C10H12O2/c11-8-6-10(7-9-12)4-2-1-3-5-10/h6-7H,1-5H2. The van der Waals surface area contributed by atoms with Crippen molar-refractivity contribution < 1.29 is 9.59 Å². The van der Waals surface area contributed by atoms with E-state index in [0.717, 1.165) is 25.7 Å². The Kier molecular flexibility index (Phi) is 3.04. The van der Waals surface area contributed by atoms with E-state index < -0.39 is 0 Å². The van der Waals surface area contributed by atoms with Crippen LogP contribution in [0.5, 0.6) is 0 Å². The number of hydrogen-bond acceptors (Lipinski definition) is 2. The van der Waals surface area contributed by atoms with E-state index in [2.05, 4.69) is 0 Å².